The van der Waals surface area contributed by atoms with Gasteiger partial charge in [-0.1, -0.05) is 0 Å². The summed E-state index contributed by atoms with van der Waals surface area (Å²) >= 11 is 0. The van der Waals surface area contributed by atoms with Gasteiger partial charge in [0.2, 0.25) is 5.92 Å². The Morgan fingerprint density at radius 2 is 1.96 bits per heavy atom. The van der Waals surface area contributed by atoms with Crippen LogP contribution in [0.3, 0.4) is 0 Å². The first-order valence-corrected chi connectivity index (χ1v) is 9.02. The molecule has 1 aromatic carbocycles. The van der Waals surface area contributed by atoms with Crippen molar-refractivity contribution in [1.29, 1.82) is 0 Å². The molecule has 0 radical (unpaired) electrons. The van der Waals surface area contributed by atoms with E-state index in [1.54, 1.807) is 13.0 Å². The number of hydrogen-bond acceptors (Lipinski definition) is 3. The van der Waals surface area contributed by atoms with E-state index in [1.807, 2.05) is 0 Å². The summed E-state index contributed by atoms with van der Waals surface area (Å²) in [5, 5.41) is 3.12. The smallest absolute Gasteiger partial charge is 0.334 e. The molecule has 2 aromatic rings. The lowest BCUT2D eigenvalue weighted by atomic mass is 9.76. The molecule has 0 unspecified atom stereocenters. The minimum Gasteiger partial charge on any atom is -0.368 e. The molecule has 1 aliphatic heterocycles. The number of halogens is 3. The predicted octanol–water partition coefficient (Wildman–Crippen LogP) is 3.14. The third-order valence-corrected chi connectivity index (χ3v) is 5.37. The van der Waals surface area contributed by atoms with Crippen LogP contribution in [0.25, 0.3) is 5.69 Å². The minimum absolute atomic E-state index is 0.0404. The second-order valence-corrected chi connectivity index (χ2v) is 7.66. The Bertz CT molecular complexity index is 984. The lowest BCUT2D eigenvalue weighted by Crippen LogP contribution is -2.43. The van der Waals surface area contributed by atoms with Gasteiger partial charge in [-0.05, 0) is 55.9 Å². The summed E-state index contributed by atoms with van der Waals surface area (Å²) in [4.78, 5) is 27.9. The number of fused-ring (bicyclic) bond motifs is 1. The summed E-state index contributed by atoms with van der Waals surface area (Å²) in [6.07, 6.45) is 1.44. The molecule has 4 rings (SSSR count). The van der Waals surface area contributed by atoms with Crippen LogP contribution in [0.1, 0.15) is 36.8 Å². The molecule has 0 spiro atoms. The molecular weight excluding hydrogens is 359 g/mol. The summed E-state index contributed by atoms with van der Waals surface area (Å²) in [6, 6.07) is 3.98. The average molecular weight is 379 g/mol. The predicted molar refractivity (Wildman–Crippen MR) is 95.4 cm³/mol. The molecule has 0 saturated heterocycles. The molecule has 27 heavy (non-hydrogen) atoms. The van der Waals surface area contributed by atoms with Crippen molar-refractivity contribution in [1.82, 2.24) is 9.55 Å². The monoisotopic (exact) mass is 379 g/mol. The highest BCUT2D eigenvalue weighted by molar-refractivity contribution is 5.48. The van der Waals surface area contributed by atoms with E-state index in [2.05, 4.69) is 10.3 Å². The number of nitrogens with one attached hydrogen (secondary N) is 2. The van der Waals surface area contributed by atoms with Crippen LogP contribution in [0.4, 0.5) is 19.0 Å². The Balaban J connectivity index is 1.62. The zero-order chi connectivity index (χ0) is 19.3. The van der Waals surface area contributed by atoms with Crippen molar-refractivity contribution in [3.63, 3.8) is 0 Å². The number of aryl methyl sites for hydroxylation is 1. The Morgan fingerprint density at radius 1 is 1.22 bits per heavy atom. The Kier molecular flexibility index (Phi) is 4.16. The van der Waals surface area contributed by atoms with E-state index >= 15 is 0 Å². The molecule has 1 fully saturated rings. The van der Waals surface area contributed by atoms with Crippen LogP contribution in [0.15, 0.2) is 27.8 Å². The maximum Gasteiger partial charge on any atom is 0.334 e. The van der Waals surface area contributed by atoms with Gasteiger partial charge < -0.3 is 5.32 Å². The third kappa shape index (κ3) is 3.40. The number of hydrogen-bond donors (Lipinski definition) is 2. The van der Waals surface area contributed by atoms with Gasteiger partial charge in [0.1, 0.15) is 11.6 Å². The molecule has 2 N–H and O–H groups in total. The van der Waals surface area contributed by atoms with Gasteiger partial charge in [-0.25, -0.2) is 22.5 Å². The van der Waals surface area contributed by atoms with Gasteiger partial charge in [0.15, 0.2) is 0 Å². The molecule has 8 heteroatoms. The molecular formula is C19H20F3N3O2. The van der Waals surface area contributed by atoms with E-state index in [9.17, 15) is 22.8 Å². The van der Waals surface area contributed by atoms with Crippen LogP contribution in [-0.4, -0.2) is 21.5 Å². The molecule has 1 aliphatic carbocycles. The number of aromatic amines is 1. The van der Waals surface area contributed by atoms with Crippen molar-refractivity contribution < 1.29 is 13.2 Å². The van der Waals surface area contributed by atoms with Gasteiger partial charge in [-0.2, -0.15) is 0 Å². The van der Waals surface area contributed by atoms with Gasteiger partial charge in [0.05, 0.1) is 11.3 Å². The first-order valence-electron chi connectivity index (χ1n) is 9.02. The average Bonchev–Trinajstić information content (AvgIpc) is 2.52. The molecule has 1 aromatic heterocycles. The number of aromatic nitrogens is 2. The number of rotatable bonds is 3. The van der Waals surface area contributed by atoms with Crippen LogP contribution in [0.5, 0.6) is 0 Å². The quantitative estimate of drug-likeness (QED) is 0.861. The first-order chi connectivity index (χ1) is 12.7. The normalized spacial score (nSPS) is 21.3. The lowest BCUT2D eigenvalue weighted by Gasteiger charge is -2.38. The van der Waals surface area contributed by atoms with Gasteiger partial charge in [-0.15, -0.1) is 0 Å². The van der Waals surface area contributed by atoms with E-state index in [-0.39, 0.29) is 30.5 Å². The van der Waals surface area contributed by atoms with E-state index in [4.69, 9.17) is 0 Å². The summed E-state index contributed by atoms with van der Waals surface area (Å²) < 4.78 is 40.6. The Morgan fingerprint density at radius 3 is 2.63 bits per heavy atom. The highest BCUT2D eigenvalue weighted by Gasteiger charge is 2.45. The second-order valence-electron chi connectivity index (χ2n) is 7.66. The maximum atomic E-state index is 13.7. The first kappa shape index (κ1) is 17.9. The van der Waals surface area contributed by atoms with E-state index in [0.717, 1.165) is 10.6 Å². The molecule has 1 saturated carbocycles. The van der Waals surface area contributed by atoms with Crippen LogP contribution >= 0.6 is 0 Å². The molecule has 2 aliphatic rings. The van der Waals surface area contributed by atoms with Crippen LogP contribution in [0, 0.1) is 18.7 Å². The van der Waals surface area contributed by atoms with Crippen LogP contribution < -0.4 is 16.6 Å². The zero-order valence-corrected chi connectivity index (χ0v) is 14.8. The van der Waals surface area contributed by atoms with E-state index in [0.29, 0.717) is 36.2 Å². The second kappa shape index (κ2) is 6.28. The number of anilines is 1. The highest BCUT2D eigenvalue weighted by Crippen LogP contribution is 2.45. The van der Waals surface area contributed by atoms with Gasteiger partial charge >= 0.3 is 5.69 Å². The number of nitrogens with zero attached hydrogens (tertiary/aromatic N) is 1. The number of H-pyrrole nitrogens is 1. The Hall–Kier alpha value is -2.51. The van der Waals surface area contributed by atoms with Gasteiger partial charge in [0, 0.05) is 18.9 Å². The minimum atomic E-state index is -2.55. The van der Waals surface area contributed by atoms with E-state index < -0.39 is 23.0 Å². The van der Waals surface area contributed by atoms with Crippen molar-refractivity contribution in [3.05, 3.63) is 56.0 Å². The largest absolute Gasteiger partial charge is 0.368 e. The summed E-state index contributed by atoms with van der Waals surface area (Å²) in [5.41, 5.74) is 0.0588. The summed E-state index contributed by atoms with van der Waals surface area (Å²) in [7, 11) is 0. The molecule has 1 atom stereocenters. The maximum absolute atomic E-state index is 13.7. The lowest BCUT2D eigenvalue weighted by molar-refractivity contribution is -0.113. The highest BCUT2D eigenvalue weighted by atomic mass is 19.3. The third-order valence-electron chi connectivity index (χ3n) is 5.37. The summed E-state index contributed by atoms with van der Waals surface area (Å²) in [6.45, 7) is 1.68. The molecule has 0 amide bonds. The molecule has 2 heterocycles. The fraction of sp³-hybridized carbons (Fsp3) is 0.474. The van der Waals surface area contributed by atoms with Crippen LogP contribution in [0.2, 0.25) is 0 Å². The van der Waals surface area contributed by atoms with Gasteiger partial charge in [-0.3, -0.25) is 9.78 Å². The fourth-order valence-corrected chi connectivity index (χ4v) is 4.13. The Labute approximate surface area is 153 Å². The molecule has 0 bridgehead atoms. The zero-order valence-electron chi connectivity index (χ0n) is 14.8. The van der Waals surface area contributed by atoms with Crippen LogP contribution in [-0.2, 0) is 6.42 Å². The van der Waals surface area contributed by atoms with Crippen molar-refractivity contribution in [3.8, 4) is 5.69 Å². The topological polar surface area (TPSA) is 66.9 Å². The number of alkyl halides is 2. The molecule has 5 nitrogen and oxygen atoms in total. The SMILES string of the molecule is Cc1cc(F)cc(-n2c(=O)[nH]c3c(c2=O)CC[C@H](CC2CC(F)(F)C2)N3)c1. The standard InChI is InChI=1S/C19H20F3N3O2/c1-10-4-12(20)7-14(5-10)25-17(26)15-3-2-13(23-16(15)24-18(25)27)6-11-8-19(21,22)9-11/h4-5,7,11,13,23H,2-3,6,8-9H2,1H3,(H,24,27)/t13-/m1/s1. The van der Waals surface area contributed by atoms with Crippen molar-refractivity contribution >= 4 is 5.82 Å². The van der Waals surface area contributed by atoms with Crippen molar-refractivity contribution in [2.45, 2.75) is 51.0 Å². The fourth-order valence-electron chi connectivity index (χ4n) is 4.13. The van der Waals surface area contributed by atoms with Crippen molar-refractivity contribution in [2.24, 2.45) is 5.92 Å². The summed E-state index contributed by atoms with van der Waals surface area (Å²) in [5.74, 6) is -2.77. The van der Waals surface area contributed by atoms with E-state index in [1.165, 1.54) is 6.07 Å². The number of benzene rings is 1. The van der Waals surface area contributed by atoms with Crippen molar-refractivity contribution in [2.75, 3.05) is 5.32 Å². The van der Waals surface area contributed by atoms with Gasteiger partial charge in [0.25, 0.3) is 5.56 Å². The molecule has 144 valence electrons.